The van der Waals surface area contributed by atoms with Crippen molar-refractivity contribution in [3.8, 4) is 0 Å². The highest BCUT2D eigenvalue weighted by molar-refractivity contribution is 6.35. The molecule has 1 aromatic rings. The smallest absolute Gasteiger partial charge is 0.0468 e. The molecule has 0 aromatic heterocycles. The Morgan fingerprint density at radius 3 is 2.55 bits per heavy atom. The monoisotopic (exact) mass is 317 g/mol. The zero-order chi connectivity index (χ0) is 15.2. The van der Waals surface area contributed by atoms with Crippen LogP contribution in [0.4, 0.5) is 0 Å². The average Bonchev–Trinajstić information content (AvgIpc) is 2.39. The van der Waals surface area contributed by atoms with E-state index in [0.29, 0.717) is 10.0 Å². The molecule has 1 rings (SSSR count). The molecule has 0 heterocycles. The summed E-state index contributed by atoms with van der Waals surface area (Å²) in [6.45, 7) is 7.72. The van der Waals surface area contributed by atoms with Crippen LogP contribution in [-0.2, 0) is 0 Å². The van der Waals surface area contributed by atoms with E-state index in [4.69, 9.17) is 28.3 Å². The third kappa shape index (κ3) is 5.61. The van der Waals surface area contributed by atoms with E-state index in [1.807, 2.05) is 12.1 Å². The predicted molar refractivity (Wildman–Crippen MR) is 87.6 cm³/mol. The van der Waals surface area contributed by atoms with Crippen molar-refractivity contribution in [3.05, 3.63) is 33.8 Å². The molecular formula is C16H25Cl2NO. The fourth-order valence-electron chi connectivity index (χ4n) is 2.30. The van der Waals surface area contributed by atoms with Crippen LogP contribution in [0.3, 0.4) is 0 Å². The first-order valence-electron chi connectivity index (χ1n) is 7.19. The summed E-state index contributed by atoms with van der Waals surface area (Å²) in [5.74, 6) is 0. The Morgan fingerprint density at radius 2 is 2.00 bits per heavy atom. The van der Waals surface area contributed by atoms with E-state index in [-0.39, 0.29) is 18.1 Å². The first kappa shape index (κ1) is 17.8. The van der Waals surface area contributed by atoms with Gasteiger partial charge in [-0.15, -0.1) is 0 Å². The van der Waals surface area contributed by atoms with Crippen molar-refractivity contribution in [1.82, 2.24) is 5.32 Å². The largest absolute Gasteiger partial charge is 0.396 e. The lowest BCUT2D eigenvalue weighted by Gasteiger charge is -2.28. The summed E-state index contributed by atoms with van der Waals surface area (Å²) in [6, 6.07) is 5.89. The summed E-state index contributed by atoms with van der Waals surface area (Å²) < 4.78 is 0. The molecule has 1 aromatic carbocycles. The number of aliphatic hydroxyl groups excluding tert-OH is 1. The summed E-state index contributed by atoms with van der Waals surface area (Å²) in [5, 5.41) is 13.9. The lowest BCUT2D eigenvalue weighted by molar-refractivity contribution is 0.231. The van der Waals surface area contributed by atoms with Gasteiger partial charge >= 0.3 is 0 Å². The van der Waals surface area contributed by atoms with E-state index >= 15 is 0 Å². The molecule has 0 aliphatic heterocycles. The van der Waals surface area contributed by atoms with E-state index in [2.05, 4.69) is 26.1 Å². The molecule has 20 heavy (non-hydrogen) atoms. The van der Waals surface area contributed by atoms with Gasteiger partial charge in [-0.05, 0) is 42.4 Å². The van der Waals surface area contributed by atoms with Crippen molar-refractivity contribution in [3.63, 3.8) is 0 Å². The van der Waals surface area contributed by atoms with Crippen molar-refractivity contribution in [1.29, 1.82) is 0 Å². The fourth-order valence-corrected chi connectivity index (χ4v) is 2.84. The third-order valence-corrected chi connectivity index (χ3v) is 4.15. The summed E-state index contributed by atoms with van der Waals surface area (Å²) in [6.07, 6.45) is 2.81. The minimum absolute atomic E-state index is 0.162. The highest BCUT2D eigenvalue weighted by atomic mass is 35.5. The van der Waals surface area contributed by atoms with Crippen LogP contribution in [-0.4, -0.2) is 18.3 Å². The second-order valence-electron chi connectivity index (χ2n) is 6.00. The topological polar surface area (TPSA) is 32.3 Å². The molecule has 114 valence electrons. The molecule has 2 N–H and O–H groups in total. The molecule has 2 nitrogen and oxygen atoms in total. The van der Waals surface area contributed by atoms with Gasteiger partial charge in [-0.25, -0.2) is 0 Å². The van der Waals surface area contributed by atoms with Gasteiger partial charge in [0.25, 0.3) is 0 Å². The quantitative estimate of drug-likeness (QED) is 0.719. The number of benzene rings is 1. The highest BCUT2D eigenvalue weighted by Crippen LogP contribution is 2.29. The van der Waals surface area contributed by atoms with Crippen LogP contribution in [0.5, 0.6) is 0 Å². The molecule has 0 saturated heterocycles. The predicted octanol–water partition coefficient (Wildman–Crippen LogP) is 4.83. The molecule has 1 atom stereocenters. The van der Waals surface area contributed by atoms with Crippen LogP contribution in [0.2, 0.25) is 10.0 Å². The molecule has 0 spiro atoms. The van der Waals surface area contributed by atoms with Gasteiger partial charge in [0, 0.05) is 29.2 Å². The van der Waals surface area contributed by atoms with Crippen molar-refractivity contribution in [2.45, 2.75) is 46.1 Å². The molecule has 4 heteroatoms. The summed E-state index contributed by atoms with van der Waals surface area (Å²) in [4.78, 5) is 0. The lowest BCUT2D eigenvalue weighted by atomic mass is 9.87. The van der Waals surface area contributed by atoms with E-state index in [0.717, 1.165) is 31.4 Å². The number of nitrogens with one attached hydrogen (secondary N) is 1. The zero-order valence-corrected chi connectivity index (χ0v) is 14.1. The van der Waals surface area contributed by atoms with E-state index in [1.54, 1.807) is 6.07 Å². The lowest BCUT2D eigenvalue weighted by Crippen LogP contribution is -2.32. The maximum Gasteiger partial charge on any atom is 0.0468 e. The molecule has 0 aliphatic rings. The van der Waals surface area contributed by atoms with Crippen LogP contribution < -0.4 is 5.32 Å². The van der Waals surface area contributed by atoms with E-state index in [1.165, 1.54) is 0 Å². The van der Waals surface area contributed by atoms with Crippen molar-refractivity contribution < 1.29 is 5.11 Å². The minimum Gasteiger partial charge on any atom is -0.396 e. The number of hydrogen-bond acceptors (Lipinski definition) is 2. The van der Waals surface area contributed by atoms with Gasteiger partial charge in [0.05, 0.1) is 0 Å². The molecule has 0 amide bonds. The second kappa shape index (κ2) is 8.23. The normalized spacial score (nSPS) is 13.5. The van der Waals surface area contributed by atoms with Crippen molar-refractivity contribution >= 4 is 23.2 Å². The Morgan fingerprint density at radius 1 is 1.30 bits per heavy atom. The standard InChI is InChI=1S/C16H25Cl2NO/c1-4-15(13-7-6-12(17)10-14(13)18)19-11-16(2,3)8-5-9-20/h6-7,10,15,19-20H,4-5,8-9,11H2,1-3H3. The van der Waals surface area contributed by atoms with Crippen LogP contribution in [0.25, 0.3) is 0 Å². The number of hydrogen-bond donors (Lipinski definition) is 2. The van der Waals surface area contributed by atoms with Gasteiger partial charge in [0.15, 0.2) is 0 Å². The minimum atomic E-state index is 0.162. The molecule has 0 aliphatic carbocycles. The van der Waals surface area contributed by atoms with Crippen LogP contribution >= 0.6 is 23.2 Å². The van der Waals surface area contributed by atoms with Crippen LogP contribution in [0, 0.1) is 5.41 Å². The molecule has 0 saturated carbocycles. The fraction of sp³-hybridized carbons (Fsp3) is 0.625. The Balaban J connectivity index is 2.67. The first-order valence-corrected chi connectivity index (χ1v) is 7.94. The van der Waals surface area contributed by atoms with Crippen LogP contribution in [0.15, 0.2) is 18.2 Å². The van der Waals surface area contributed by atoms with Gasteiger partial charge < -0.3 is 10.4 Å². The maximum absolute atomic E-state index is 8.94. The molecular weight excluding hydrogens is 293 g/mol. The van der Waals surface area contributed by atoms with Crippen molar-refractivity contribution in [2.75, 3.05) is 13.2 Å². The summed E-state index contributed by atoms with van der Waals surface area (Å²) in [7, 11) is 0. The zero-order valence-electron chi connectivity index (χ0n) is 12.5. The Kier molecular flexibility index (Phi) is 7.32. The first-order chi connectivity index (χ1) is 9.39. The molecule has 1 unspecified atom stereocenters. The second-order valence-corrected chi connectivity index (χ2v) is 6.84. The molecule has 0 radical (unpaired) electrons. The number of halogens is 2. The van der Waals surface area contributed by atoms with E-state index < -0.39 is 0 Å². The Hall–Kier alpha value is -0.280. The van der Waals surface area contributed by atoms with Crippen LogP contribution in [0.1, 0.15) is 51.6 Å². The number of rotatable bonds is 8. The van der Waals surface area contributed by atoms with Gasteiger partial charge in [-0.2, -0.15) is 0 Å². The molecule has 0 fully saturated rings. The summed E-state index contributed by atoms with van der Waals surface area (Å²) in [5.41, 5.74) is 1.26. The van der Waals surface area contributed by atoms with Gasteiger partial charge in [-0.3, -0.25) is 0 Å². The average molecular weight is 318 g/mol. The number of aliphatic hydroxyl groups is 1. The maximum atomic E-state index is 8.94. The third-order valence-electron chi connectivity index (χ3n) is 3.58. The SMILES string of the molecule is CCC(NCC(C)(C)CCCO)c1ccc(Cl)cc1Cl. The Bertz CT molecular complexity index is 421. The Labute approximate surface area is 132 Å². The molecule has 0 bridgehead atoms. The summed E-state index contributed by atoms with van der Waals surface area (Å²) >= 11 is 12.2. The highest BCUT2D eigenvalue weighted by Gasteiger charge is 2.20. The van der Waals surface area contributed by atoms with Crippen molar-refractivity contribution in [2.24, 2.45) is 5.41 Å². The van der Waals surface area contributed by atoms with Gasteiger partial charge in [0.1, 0.15) is 0 Å². The van der Waals surface area contributed by atoms with Gasteiger partial charge in [0.2, 0.25) is 0 Å². The van der Waals surface area contributed by atoms with E-state index in [9.17, 15) is 0 Å². The van der Waals surface area contributed by atoms with Gasteiger partial charge in [-0.1, -0.05) is 50.0 Å².